The zero-order valence-electron chi connectivity index (χ0n) is 18.2. The number of fused-ring (bicyclic) bond motifs is 1. The number of amides is 1. The van der Waals surface area contributed by atoms with Gasteiger partial charge in [-0.15, -0.1) is 0 Å². The van der Waals surface area contributed by atoms with Crippen molar-refractivity contribution >= 4 is 39.5 Å². The molecule has 6 heteroatoms. The summed E-state index contributed by atoms with van der Waals surface area (Å²) in [5.41, 5.74) is 2.49. The van der Waals surface area contributed by atoms with Crippen LogP contribution in [-0.2, 0) is 4.79 Å². The molecule has 6 nitrogen and oxygen atoms in total. The minimum atomic E-state index is -0.735. The maximum Gasteiger partial charge on any atom is 0.347 e. The topological polar surface area (TPSA) is 76.8 Å². The molecular weight excluding hydrogens is 406 g/mol. The van der Waals surface area contributed by atoms with Crippen LogP contribution >= 0.6 is 0 Å². The van der Waals surface area contributed by atoms with Gasteiger partial charge in [-0.2, -0.15) is 0 Å². The van der Waals surface area contributed by atoms with Gasteiger partial charge in [-0.05, 0) is 56.7 Å². The number of hydrogen-bond donors (Lipinski definition) is 0. The van der Waals surface area contributed by atoms with Crippen molar-refractivity contribution < 1.29 is 18.7 Å². The first kappa shape index (κ1) is 20.0. The van der Waals surface area contributed by atoms with Crippen molar-refractivity contribution in [1.82, 2.24) is 0 Å². The maximum absolute atomic E-state index is 13.5. The van der Waals surface area contributed by atoms with Crippen molar-refractivity contribution in [2.75, 3.05) is 12.0 Å². The first-order valence-corrected chi connectivity index (χ1v) is 10.3. The molecule has 3 aromatic rings. The quantitative estimate of drug-likeness (QED) is 0.347. The lowest BCUT2D eigenvalue weighted by molar-refractivity contribution is -0.113. The van der Waals surface area contributed by atoms with Crippen LogP contribution in [0.1, 0.15) is 42.3 Å². The van der Waals surface area contributed by atoms with Crippen LogP contribution in [0.4, 0.5) is 5.69 Å². The Morgan fingerprint density at radius 3 is 2.56 bits per heavy atom. The van der Waals surface area contributed by atoms with Gasteiger partial charge in [0.05, 0.1) is 23.9 Å². The van der Waals surface area contributed by atoms with Crippen LogP contribution < -0.4 is 15.3 Å². The Labute approximate surface area is 184 Å². The van der Waals surface area contributed by atoms with Crippen molar-refractivity contribution in [2.45, 2.75) is 26.3 Å². The van der Waals surface area contributed by atoms with Gasteiger partial charge in [0.25, 0.3) is 5.91 Å². The predicted molar refractivity (Wildman–Crippen MR) is 123 cm³/mol. The van der Waals surface area contributed by atoms with Gasteiger partial charge >= 0.3 is 5.63 Å². The number of benzene rings is 2. The Kier molecular flexibility index (Phi) is 4.24. The summed E-state index contributed by atoms with van der Waals surface area (Å²) < 4.78 is 10.7. The third kappa shape index (κ3) is 2.83. The van der Waals surface area contributed by atoms with E-state index in [0.717, 1.165) is 16.8 Å². The predicted octanol–water partition coefficient (Wildman–Crippen LogP) is 4.61. The molecule has 3 heterocycles. The van der Waals surface area contributed by atoms with E-state index in [1.54, 1.807) is 42.3 Å². The summed E-state index contributed by atoms with van der Waals surface area (Å²) in [6, 6.07) is 12.1. The Morgan fingerprint density at radius 1 is 1.09 bits per heavy atom. The number of methoxy groups -OCH3 is 1. The highest BCUT2D eigenvalue weighted by atomic mass is 16.5. The third-order valence-electron chi connectivity index (χ3n) is 6.02. The minimum absolute atomic E-state index is 0.115. The van der Waals surface area contributed by atoms with Crippen molar-refractivity contribution in [3.63, 3.8) is 0 Å². The van der Waals surface area contributed by atoms with Gasteiger partial charge in [-0.25, -0.2) is 4.79 Å². The number of hydrogen-bond acceptors (Lipinski definition) is 5. The van der Waals surface area contributed by atoms with Crippen LogP contribution in [0.3, 0.4) is 0 Å². The molecule has 0 bridgehead atoms. The number of allylic oxidation sites excluding steroid dienone is 2. The average molecular weight is 427 g/mol. The van der Waals surface area contributed by atoms with Gasteiger partial charge < -0.3 is 9.15 Å². The molecule has 0 atom stereocenters. The summed E-state index contributed by atoms with van der Waals surface area (Å²) >= 11 is 0. The van der Waals surface area contributed by atoms with E-state index in [4.69, 9.17) is 9.15 Å². The molecule has 0 unspecified atom stereocenters. The van der Waals surface area contributed by atoms with E-state index in [9.17, 15) is 14.4 Å². The third-order valence-corrected chi connectivity index (χ3v) is 6.02. The summed E-state index contributed by atoms with van der Waals surface area (Å²) in [5, 5.41) is 0.636. The number of para-hydroxylation sites is 1. The molecule has 1 amide bonds. The molecule has 32 heavy (non-hydrogen) atoms. The van der Waals surface area contributed by atoms with Crippen LogP contribution in [-0.4, -0.2) is 24.3 Å². The lowest BCUT2D eigenvalue weighted by Gasteiger charge is -2.38. The first-order chi connectivity index (χ1) is 15.2. The Balaban J connectivity index is 1.70. The van der Waals surface area contributed by atoms with Crippen molar-refractivity contribution in [2.24, 2.45) is 0 Å². The van der Waals surface area contributed by atoms with Gasteiger partial charge in [0, 0.05) is 16.5 Å². The minimum Gasteiger partial charge on any atom is -0.497 e. The van der Waals surface area contributed by atoms with Crippen molar-refractivity contribution in [1.29, 1.82) is 0 Å². The van der Waals surface area contributed by atoms with Crippen molar-refractivity contribution in [3.8, 4) is 5.75 Å². The Morgan fingerprint density at radius 2 is 1.81 bits per heavy atom. The van der Waals surface area contributed by atoms with E-state index in [2.05, 4.69) is 0 Å². The zero-order chi connectivity index (χ0) is 22.8. The molecule has 0 aliphatic carbocycles. The fraction of sp³-hybridized carbons (Fsp3) is 0.192. The molecule has 5 rings (SSSR count). The number of ketones is 1. The highest BCUT2D eigenvalue weighted by molar-refractivity contribution is 6.37. The molecule has 2 aliphatic heterocycles. The average Bonchev–Trinajstić information content (AvgIpc) is 3.03. The molecule has 2 aromatic carbocycles. The Hall–Kier alpha value is -3.93. The standard InChI is InChI=1S/C26H21NO5/c1-14-13-26(2,3)27-23-17(14)10-16(31-4)11-18(23)19(24(27)29)12-21(28)20-9-15-7-5-6-8-22(15)32-25(20)30/h5-13H,1-4H3. The molecule has 160 valence electrons. The number of carbonyl (C=O) groups is 2. The van der Waals surface area contributed by atoms with E-state index in [0.29, 0.717) is 22.3 Å². The maximum atomic E-state index is 13.5. The highest BCUT2D eigenvalue weighted by Gasteiger charge is 2.45. The number of anilines is 1. The number of ether oxygens (including phenoxy) is 1. The van der Waals surface area contributed by atoms with Crippen molar-refractivity contribution in [3.05, 3.63) is 81.7 Å². The lowest BCUT2D eigenvalue weighted by Crippen LogP contribution is -2.46. The van der Waals surface area contributed by atoms with Crippen LogP contribution in [0, 0.1) is 0 Å². The van der Waals surface area contributed by atoms with E-state index in [1.807, 2.05) is 32.9 Å². The molecule has 0 radical (unpaired) electrons. The SMILES string of the molecule is COc1cc2c3c(c1)C(=CC(=O)c1cc4ccccc4oc1=O)C(=O)N3C(C)(C)C=C2C. The Bertz CT molecular complexity index is 1450. The van der Waals surface area contributed by atoms with Crippen LogP contribution in [0.5, 0.6) is 5.75 Å². The number of carbonyl (C=O) groups excluding carboxylic acids is 2. The molecule has 2 aliphatic rings. The van der Waals surface area contributed by atoms with Gasteiger partial charge in [0.1, 0.15) is 16.9 Å². The summed E-state index contributed by atoms with van der Waals surface area (Å²) in [7, 11) is 1.56. The van der Waals surface area contributed by atoms with Crippen LogP contribution in [0.2, 0.25) is 0 Å². The van der Waals surface area contributed by atoms with Gasteiger partial charge in [0.15, 0.2) is 5.78 Å². The molecule has 0 saturated carbocycles. The van der Waals surface area contributed by atoms with E-state index < -0.39 is 16.9 Å². The monoisotopic (exact) mass is 427 g/mol. The first-order valence-electron chi connectivity index (χ1n) is 10.3. The molecule has 0 fully saturated rings. The highest BCUT2D eigenvalue weighted by Crippen LogP contribution is 2.50. The summed E-state index contributed by atoms with van der Waals surface area (Å²) in [5.74, 6) is -0.280. The smallest absolute Gasteiger partial charge is 0.347 e. The second-order valence-electron chi connectivity index (χ2n) is 8.60. The second-order valence-corrected chi connectivity index (χ2v) is 8.60. The largest absolute Gasteiger partial charge is 0.497 e. The number of rotatable bonds is 3. The van der Waals surface area contributed by atoms with E-state index in [-0.39, 0.29) is 17.0 Å². The normalized spacial score (nSPS) is 17.5. The van der Waals surface area contributed by atoms with E-state index >= 15 is 0 Å². The fourth-order valence-electron chi connectivity index (χ4n) is 4.61. The molecule has 0 spiro atoms. The molecule has 1 aromatic heterocycles. The van der Waals surface area contributed by atoms with Crippen LogP contribution in [0.15, 0.2) is 63.8 Å². The summed E-state index contributed by atoms with van der Waals surface area (Å²) in [6.07, 6.45) is 3.27. The summed E-state index contributed by atoms with van der Waals surface area (Å²) in [4.78, 5) is 40.8. The van der Waals surface area contributed by atoms with Crippen LogP contribution in [0.25, 0.3) is 22.1 Å². The van der Waals surface area contributed by atoms with E-state index in [1.165, 1.54) is 12.1 Å². The molecule has 0 saturated heterocycles. The number of nitrogens with zero attached hydrogens (tertiary/aromatic N) is 1. The zero-order valence-corrected chi connectivity index (χ0v) is 18.2. The van der Waals surface area contributed by atoms with Gasteiger partial charge in [-0.1, -0.05) is 24.3 Å². The van der Waals surface area contributed by atoms with Gasteiger partial charge in [-0.3, -0.25) is 14.5 Å². The van der Waals surface area contributed by atoms with Gasteiger partial charge in [0.2, 0.25) is 0 Å². The lowest BCUT2D eigenvalue weighted by atomic mass is 9.89. The fourth-order valence-corrected chi connectivity index (χ4v) is 4.61. The molecular formula is C26H21NO5. The molecule has 0 N–H and O–H groups in total. The second kappa shape index (κ2) is 6.79. The summed E-state index contributed by atoms with van der Waals surface area (Å²) in [6.45, 7) is 5.90.